The predicted octanol–water partition coefficient (Wildman–Crippen LogP) is 4.27. The molecule has 0 fully saturated rings. The third-order valence-electron chi connectivity index (χ3n) is 2.31. The van der Waals surface area contributed by atoms with Crippen LogP contribution in [-0.2, 0) is 6.18 Å². The van der Waals surface area contributed by atoms with Gasteiger partial charge in [-0.2, -0.15) is 13.2 Å². The molecule has 2 aromatic rings. The third kappa shape index (κ3) is 3.11. The SMILES string of the molecule is Nc1cc(Cl)c(Oc2ccc(F)cc2C(F)(F)F)cn1. The molecule has 0 aliphatic rings. The molecule has 0 bridgehead atoms. The fourth-order valence-corrected chi connectivity index (χ4v) is 1.64. The van der Waals surface area contributed by atoms with Crippen molar-refractivity contribution < 1.29 is 22.3 Å². The summed E-state index contributed by atoms with van der Waals surface area (Å²) in [5, 5.41) is -0.00468. The number of alkyl halides is 3. The second-order valence-electron chi connectivity index (χ2n) is 3.78. The van der Waals surface area contributed by atoms with E-state index in [4.69, 9.17) is 22.1 Å². The molecule has 0 atom stereocenters. The topological polar surface area (TPSA) is 48.1 Å². The molecule has 0 saturated carbocycles. The van der Waals surface area contributed by atoms with E-state index in [1.165, 1.54) is 6.07 Å². The van der Waals surface area contributed by atoms with Gasteiger partial charge in [0.05, 0.1) is 11.2 Å². The van der Waals surface area contributed by atoms with E-state index >= 15 is 0 Å². The van der Waals surface area contributed by atoms with Crippen molar-refractivity contribution in [2.75, 3.05) is 5.73 Å². The van der Waals surface area contributed by atoms with Crippen molar-refractivity contribution in [2.45, 2.75) is 6.18 Å². The van der Waals surface area contributed by atoms with Gasteiger partial charge in [0.25, 0.3) is 0 Å². The standard InChI is InChI=1S/C12H7ClF4N2O/c13-8-4-11(18)19-5-10(8)20-9-2-1-6(14)3-7(9)12(15,16)17/h1-5H,(H2,18,19). The quantitative estimate of drug-likeness (QED) is 0.843. The van der Waals surface area contributed by atoms with Crippen LogP contribution in [0.5, 0.6) is 11.5 Å². The maximum atomic E-state index is 12.9. The highest BCUT2D eigenvalue weighted by molar-refractivity contribution is 6.32. The van der Waals surface area contributed by atoms with Crippen LogP contribution in [0.4, 0.5) is 23.4 Å². The molecule has 20 heavy (non-hydrogen) atoms. The van der Waals surface area contributed by atoms with E-state index in [1.54, 1.807) is 0 Å². The van der Waals surface area contributed by atoms with E-state index in [9.17, 15) is 17.6 Å². The van der Waals surface area contributed by atoms with E-state index < -0.39 is 23.3 Å². The molecule has 8 heteroatoms. The number of nitrogens with two attached hydrogens (primary N) is 1. The van der Waals surface area contributed by atoms with Crippen LogP contribution in [-0.4, -0.2) is 4.98 Å². The molecule has 0 amide bonds. The van der Waals surface area contributed by atoms with Crippen LogP contribution in [0.25, 0.3) is 0 Å². The van der Waals surface area contributed by atoms with Crippen LogP contribution in [0.3, 0.4) is 0 Å². The second kappa shape index (κ2) is 5.16. The lowest BCUT2D eigenvalue weighted by atomic mass is 10.2. The van der Waals surface area contributed by atoms with Crippen LogP contribution < -0.4 is 10.5 Å². The molecule has 0 spiro atoms. The Bertz CT molecular complexity index is 646. The van der Waals surface area contributed by atoms with Gasteiger partial charge in [0, 0.05) is 6.07 Å². The fraction of sp³-hybridized carbons (Fsp3) is 0.0833. The van der Waals surface area contributed by atoms with Gasteiger partial charge < -0.3 is 10.5 Å². The smallest absolute Gasteiger partial charge is 0.420 e. The molecule has 2 N–H and O–H groups in total. The average molecular weight is 307 g/mol. The van der Waals surface area contributed by atoms with Crippen molar-refractivity contribution >= 4 is 17.4 Å². The summed E-state index contributed by atoms with van der Waals surface area (Å²) in [6.45, 7) is 0. The van der Waals surface area contributed by atoms with Gasteiger partial charge in [-0.1, -0.05) is 11.6 Å². The Labute approximate surface area is 115 Å². The van der Waals surface area contributed by atoms with Gasteiger partial charge in [-0.25, -0.2) is 9.37 Å². The Balaban J connectivity index is 2.43. The van der Waals surface area contributed by atoms with E-state index in [0.29, 0.717) is 6.07 Å². The number of ether oxygens (including phenoxy) is 1. The van der Waals surface area contributed by atoms with Gasteiger partial charge in [-0.3, -0.25) is 0 Å². The second-order valence-corrected chi connectivity index (χ2v) is 4.19. The van der Waals surface area contributed by atoms with Gasteiger partial charge in [0.2, 0.25) is 0 Å². The molecule has 106 valence electrons. The summed E-state index contributed by atoms with van der Waals surface area (Å²) < 4.78 is 56.3. The minimum atomic E-state index is -4.76. The van der Waals surface area contributed by atoms with E-state index in [0.717, 1.165) is 18.3 Å². The molecule has 0 unspecified atom stereocenters. The normalized spacial score (nSPS) is 11.4. The number of halogens is 5. The molecule has 3 nitrogen and oxygen atoms in total. The van der Waals surface area contributed by atoms with Crippen molar-refractivity contribution in [3.8, 4) is 11.5 Å². The number of aromatic nitrogens is 1. The van der Waals surface area contributed by atoms with Crippen molar-refractivity contribution in [1.29, 1.82) is 0 Å². The largest absolute Gasteiger partial charge is 0.454 e. The number of hydrogen-bond donors (Lipinski definition) is 1. The van der Waals surface area contributed by atoms with Crippen LogP contribution in [0.1, 0.15) is 5.56 Å². The lowest BCUT2D eigenvalue weighted by Gasteiger charge is -2.14. The highest BCUT2D eigenvalue weighted by Gasteiger charge is 2.35. The number of pyridine rings is 1. The molecule has 0 aliphatic heterocycles. The Hall–Kier alpha value is -2.02. The summed E-state index contributed by atoms with van der Waals surface area (Å²) in [6.07, 6.45) is -3.67. The lowest BCUT2D eigenvalue weighted by Crippen LogP contribution is -2.08. The molecule has 0 radical (unpaired) electrons. The Morgan fingerprint density at radius 2 is 1.85 bits per heavy atom. The fourth-order valence-electron chi connectivity index (χ4n) is 1.44. The maximum absolute atomic E-state index is 12.9. The number of hydrogen-bond acceptors (Lipinski definition) is 3. The molecule has 0 aliphatic carbocycles. The van der Waals surface area contributed by atoms with Gasteiger partial charge in [0.15, 0.2) is 5.75 Å². The summed E-state index contributed by atoms with van der Waals surface area (Å²) in [6, 6.07) is 3.29. The first-order chi connectivity index (χ1) is 9.27. The molecule has 1 heterocycles. The number of nitrogen functional groups attached to an aromatic ring is 1. The van der Waals surface area contributed by atoms with Crippen LogP contribution in [0.2, 0.25) is 5.02 Å². The minimum absolute atomic E-state index is 0.00468. The molecular formula is C12H7ClF4N2O. The summed E-state index contributed by atoms with van der Waals surface area (Å²) >= 11 is 5.78. The number of anilines is 1. The predicted molar refractivity (Wildman–Crippen MR) is 65.1 cm³/mol. The summed E-state index contributed by atoms with van der Waals surface area (Å²) in [7, 11) is 0. The van der Waals surface area contributed by atoms with Crippen molar-refractivity contribution in [3.63, 3.8) is 0 Å². The molecule has 1 aromatic heterocycles. The number of rotatable bonds is 2. The van der Waals surface area contributed by atoms with Crippen LogP contribution >= 0.6 is 11.6 Å². The average Bonchev–Trinajstić information content (AvgIpc) is 2.33. The lowest BCUT2D eigenvalue weighted by molar-refractivity contribution is -0.138. The number of nitrogens with zero attached hydrogens (tertiary/aromatic N) is 1. The maximum Gasteiger partial charge on any atom is 0.420 e. The zero-order chi connectivity index (χ0) is 14.9. The monoisotopic (exact) mass is 306 g/mol. The first-order valence-corrected chi connectivity index (χ1v) is 5.61. The Kier molecular flexibility index (Phi) is 3.71. The third-order valence-corrected chi connectivity index (χ3v) is 2.60. The van der Waals surface area contributed by atoms with E-state index in [-0.39, 0.29) is 16.6 Å². The van der Waals surface area contributed by atoms with Crippen molar-refractivity contribution in [2.24, 2.45) is 0 Å². The highest BCUT2D eigenvalue weighted by Crippen LogP contribution is 2.39. The molecule has 1 aromatic carbocycles. The van der Waals surface area contributed by atoms with Crippen molar-refractivity contribution in [3.05, 3.63) is 46.9 Å². The number of benzene rings is 1. The Morgan fingerprint density at radius 3 is 2.45 bits per heavy atom. The zero-order valence-electron chi connectivity index (χ0n) is 9.71. The first-order valence-electron chi connectivity index (χ1n) is 5.23. The first kappa shape index (κ1) is 14.4. The van der Waals surface area contributed by atoms with Crippen LogP contribution in [0.15, 0.2) is 30.5 Å². The summed E-state index contributed by atoms with van der Waals surface area (Å²) in [5.74, 6) is -1.62. The van der Waals surface area contributed by atoms with Gasteiger partial charge in [0.1, 0.15) is 22.9 Å². The minimum Gasteiger partial charge on any atom is -0.454 e. The van der Waals surface area contributed by atoms with Gasteiger partial charge >= 0.3 is 6.18 Å². The molecule has 2 rings (SSSR count). The van der Waals surface area contributed by atoms with Gasteiger partial charge in [-0.15, -0.1) is 0 Å². The van der Waals surface area contributed by atoms with Crippen molar-refractivity contribution in [1.82, 2.24) is 4.98 Å². The Morgan fingerprint density at radius 1 is 1.15 bits per heavy atom. The van der Waals surface area contributed by atoms with Gasteiger partial charge in [-0.05, 0) is 18.2 Å². The van der Waals surface area contributed by atoms with E-state index in [1.807, 2.05) is 0 Å². The summed E-state index contributed by atoms with van der Waals surface area (Å²) in [5.41, 5.74) is 4.11. The van der Waals surface area contributed by atoms with E-state index in [2.05, 4.69) is 4.98 Å². The zero-order valence-corrected chi connectivity index (χ0v) is 10.5. The highest BCUT2D eigenvalue weighted by atomic mass is 35.5. The molecular weight excluding hydrogens is 300 g/mol. The van der Waals surface area contributed by atoms with Crippen LogP contribution in [0, 0.1) is 5.82 Å². The molecule has 0 saturated heterocycles. The summed E-state index contributed by atoms with van der Waals surface area (Å²) in [4.78, 5) is 3.66.